The van der Waals surface area contributed by atoms with Crippen molar-refractivity contribution in [3.8, 4) is 5.75 Å². The van der Waals surface area contributed by atoms with Gasteiger partial charge in [0.25, 0.3) is 0 Å². The second-order valence-electron chi connectivity index (χ2n) is 8.38. The molecule has 2 aromatic carbocycles. The number of phenolic OH excluding ortho intramolecular Hbond substituents is 1. The highest BCUT2D eigenvalue weighted by molar-refractivity contribution is 5.91. The minimum Gasteiger partial charge on any atom is -0.508 e. The zero-order valence-corrected chi connectivity index (χ0v) is 18.3. The summed E-state index contributed by atoms with van der Waals surface area (Å²) in [4.78, 5) is 37.6. The van der Waals surface area contributed by atoms with Crippen LogP contribution >= 0.6 is 0 Å². The zero-order chi connectivity index (χ0) is 23.0. The van der Waals surface area contributed by atoms with E-state index in [1.54, 1.807) is 39.0 Å². The lowest BCUT2D eigenvalue weighted by Crippen LogP contribution is -2.52. The van der Waals surface area contributed by atoms with Gasteiger partial charge in [-0.25, -0.2) is 4.79 Å². The quantitative estimate of drug-likeness (QED) is 0.563. The van der Waals surface area contributed by atoms with Crippen molar-refractivity contribution in [2.24, 2.45) is 0 Å². The Bertz CT molecular complexity index is 906. The number of phenols is 1. The fraction of sp³-hybridized carbons (Fsp3) is 0.375. The fourth-order valence-corrected chi connectivity index (χ4v) is 2.90. The predicted octanol–water partition coefficient (Wildman–Crippen LogP) is 2.51. The molecule has 2 amide bonds. The molecular formula is C24H30N2O5. The van der Waals surface area contributed by atoms with Gasteiger partial charge in [0, 0.05) is 12.0 Å². The summed E-state index contributed by atoms with van der Waals surface area (Å²) in [5.74, 6) is -1.45. The Hall–Kier alpha value is -3.35. The minimum atomic E-state index is -0.897. The average molecular weight is 427 g/mol. The summed E-state index contributed by atoms with van der Waals surface area (Å²) in [6, 6.07) is 14.0. The van der Waals surface area contributed by atoms with Gasteiger partial charge in [0.2, 0.25) is 11.8 Å². The Labute approximate surface area is 182 Å². The molecule has 0 fully saturated rings. The molecule has 0 aliphatic rings. The van der Waals surface area contributed by atoms with E-state index in [-0.39, 0.29) is 18.6 Å². The van der Waals surface area contributed by atoms with Crippen molar-refractivity contribution in [3.05, 3.63) is 65.7 Å². The average Bonchev–Trinajstić information content (AvgIpc) is 2.68. The molecule has 0 saturated carbocycles. The highest BCUT2D eigenvalue weighted by Gasteiger charge is 2.28. The molecule has 31 heavy (non-hydrogen) atoms. The standard InChI is InChI=1S/C24H30N2O5/c1-16(25-21(28)15-18-12-8-9-13-20(18)27)22(29)26-19(23(30)31-24(2,3)4)14-17-10-6-5-7-11-17/h5-13,16,19,27H,14-15H2,1-4H3,(H,25,28)(H,26,29)/t16-,19-/m0/s1. The number of hydrogen-bond acceptors (Lipinski definition) is 5. The number of carbonyl (C=O) groups excluding carboxylic acids is 3. The molecule has 0 bridgehead atoms. The first-order valence-electron chi connectivity index (χ1n) is 10.2. The third-order valence-corrected chi connectivity index (χ3v) is 4.40. The van der Waals surface area contributed by atoms with Crippen LogP contribution in [0.5, 0.6) is 5.75 Å². The summed E-state index contributed by atoms with van der Waals surface area (Å²) in [6.07, 6.45) is 0.198. The zero-order valence-electron chi connectivity index (χ0n) is 18.3. The number of carbonyl (C=O) groups is 3. The first-order valence-corrected chi connectivity index (χ1v) is 10.2. The van der Waals surface area contributed by atoms with Gasteiger partial charge in [0.05, 0.1) is 6.42 Å². The second kappa shape index (κ2) is 10.6. The highest BCUT2D eigenvalue weighted by Crippen LogP contribution is 2.16. The first-order chi connectivity index (χ1) is 14.5. The molecule has 0 spiro atoms. The lowest BCUT2D eigenvalue weighted by molar-refractivity contribution is -0.158. The third-order valence-electron chi connectivity index (χ3n) is 4.40. The predicted molar refractivity (Wildman–Crippen MR) is 117 cm³/mol. The maximum absolute atomic E-state index is 12.7. The van der Waals surface area contributed by atoms with Crippen LogP contribution in [0.25, 0.3) is 0 Å². The molecule has 2 rings (SSSR count). The van der Waals surface area contributed by atoms with Gasteiger partial charge in [-0.3, -0.25) is 9.59 Å². The molecule has 3 N–H and O–H groups in total. The summed E-state index contributed by atoms with van der Waals surface area (Å²) in [5.41, 5.74) is 0.632. The van der Waals surface area contributed by atoms with Crippen molar-refractivity contribution >= 4 is 17.8 Å². The summed E-state index contributed by atoms with van der Waals surface area (Å²) in [6.45, 7) is 6.81. The number of rotatable bonds is 8. The molecule has 2 atom stereocenters. The molecule has 0 saturated heterocycles. The smallest absolute Gasteiger partial charge is 0.329 e. The van der Waals surface area contributed by atoms with E-state index in [0.717, 1.165) is 5.56 Å². The Balaban J connectivity index is 2.02. The molecule has 2 aromatic rings. The van der Waals surface area contributed by atoms with E-state index in [1.165, 1.54) is 13.0 Å². The van der Waals surface area contributed by atoms with Gasteiger partial charge >= 0.3 is 5.97 Å². The monoisotopic (exact) mass is 426 g/mol. The van der Waals surface area contributed by atoms with Gasteiger partial charge in [-0.15, -0.1) is 0 Å². The minimum absolute atomic E-state index is 0.0163. The van der Waals surface area contributed by atoms with Crippen LogP contribution in [-0.2, 0) is 32.0 Å². The molecular weight excluding hydrogens is 396 g/mol. The highest BCUT2D eigenvalue weighted by atomic mass is 16.6. The van der Waals surface area contributed by atoms with Crippen LogP contribution in [0.1, 0.15) is 38.8 Å². The van der Waals surface area contributed by atoms with E-state index in [1.807, 2.05) is 30.3 Å². The molecule has 166 valence electrons. The van der Waals surface area contributed by atoms with Crippen LogP contribution in [0.4, 0.5) is 0 Å². The lowest BCUT2D eigenvalue weighted by Gasteiger charge is -2.25. The van der Waals surface area contributed by atoms with Gasteiger partial charge in [0.1, 0.15) is 23.4 Å². The SMILES string of the molecule is C[C@H](NC(=O)Cc1ccccc1O)C(=O)N[C@@H](Cc1ccccc1)C(=O)OC(C)(C)C. The van der Waals surface area contributed by atoms with Crippen LogP contribution in [-0.4, -0.2) is 40.6 Å². The van der Waals surface area contributed by atoms with Crippen molar-refractivity contribution in [3.63, 3.8) is 0 Å². The number of hydrogen-bond donors (Lipinski definition) is 3. The fourth-order valence-electron chi connectivity index (χ4n) is 2.90. The molecule has 0 unspecified atom stereocenters. The molecule has 7 nitrogen and oxygen atoms in total. The summed E-state index contributed by atoms with van der Waals surface area (Å²) >= 11 is 0. The Kier molecular flexibility index (Phi) is 8.19. The van der Waals surface area contributed by atoms with Gasteiger partial charge in [0.15, 0.2) is 0 Å². The Morgan fingerprint density at radius 1 is 0.968 bits per heavy atom. The Morgan fingerprint density at radius 2 is 1.58 bits per heavy atom. The van der Waals surface area contributed by atoms with Gasteiger partial charge < -0.3 is 20.5 Å². The van der Waals surface area contributed by atoms with E-state index in [9.17, 15) is 19.5 Å². The molecule has 0 radical (unpaired) electrons. The van der Waals surface area contributed by atoms with Crippen LogP contribution in [0.15, 0.2) is 54.6 Å². The van der Waals surface area contributed by atoms with Crippen molar-refractivity contribution in [2.45, 2.75) is 58.2 Å². The maximum atomic E-state index is 12.7. The molecule has 0 aliphatic heterocycles. The summed E-state index contributed by atoms with van der Waals surface area (Å²) < 4.78 is 5.46. The number of nitrogens with one attached hydrogen (secondary N) is 2. The number of esters is 1. The van der Waals surface area contributed by atoms with Crippen molar-refractivity contribution in [2.75, 3.05) is 0 Å². The number of aromatic hydroxyl groups is 1. The van der Waals surface area contributed by atoms with E-state index in [2.05, 4.69) is 10.6 Å². The normalized spacial score (nSPS) is 13.0. The van der Waals surface area contributed by atoms with Crippen LogP contribution in [0, 0.1) is 0 Å². The molecule has 0 heterocycles. The third kappa shape index (κ3) is 8.12. The Morgan fingerprint density at radius 3 is 2.19 bits per heavy atom. The van der Waals surface area contributed by atoms with Gasteiger partial charge in [-0.2, -0.15) is 0 Å². The first kappa shape index (κ1) is 23.9. The van der Waals surface area contributed by atoms with E-state index >= 15 is 0 Å². The van der Waals surface area contributed by atoms with Crippen LogP contribution < -0.4 is 10.6 Å². The van der Waals surface area contributed by atoms with Crippen LogP contribution in [0.2, 0.25) is 0 Å². The van der Waals surface area contributed by atoms with Gasteiger partial charge in [-0.05, 0) is 39.3 Å². The maximum Gasteiger partial charge on any atom is 0.329 e. The van der Waals surface area contributed by atoms with E-state index in [4.69, 9.17) is 4.74 Å². The van der Waals surface area contributed by atoms with Crippen molar-refractivity contribution < 1.29 is 24.2 Å². The van der Waals surface area contributed by atoms with Crippen molar-refractivity contribution in [1.29, 1.82) is 0 Å². The largest absolute Gasteiger partial charge is 0.508 e. The van der Waals surface area contributed by atoms with E-state index in [0.29, 0.717) is 5.56 Å². The summed E-state index contributed by atoms with van der Waals surface area (Å²) in [5, 5.41) is 15.1. The molecule has 7 heteroatoms. The summed E-state index contributed by atoms with van der Waals surface area (Å²) in [7, 11) is 0. The number of ether oxygens (including phenoxy) is 1. The number of benzene rings is 2. The topological polar surface area (TPSA) is 105 Å². The lowest BCUT2D eigenvalue weighted by atomic mass is 10.0. The number of para-hydroxylation sites is 1. The number of amides is 2. The van der Waals surface area contributed by atoms with Gasteiger partial charge in [-0.1, -0.05) is 48.5 Å². The molecule has 0 aliphatic carbocycles. The second-order valence-corrected chi connectivity index (χ2v) is 8.38. The van der Waals surface area contributed by atoms with Crippen molar-refractivity contribution in [1.82, 2.24) is 10.6 Å². The molecule has 0 aromatic heterocycles. The van der Waals surface area contributed by atoms with E-state index < -0.39 is 35.5 Å². The van der Waals surface area contributed by atoms with Crippen LogP contribution in [0.3, 0.4) is 0 Å².